The molecule has 14 heteroatoms. The summed E-state index contributed by atoms with van der Waals surface area (Å²) >= 11 is 0. The Morgan fingerprint density at radius 3 is 2.29 bits per heavy atom. The Kier molecular flexibility index (Phi) is 9.41. The molecule has 48 heavy (non-hydrogen) atoms. The van der Waals surface area contributed by atoms with Crippen LogP contribution >= 0.6 is 0 Å². The third kappa shape index (κ3) is 7.48. The van der Waals surface area contributed by atoms with Crippen LogP contribution in [0.25, 0.3) is 22.2 Å². The number of hydrogen-bond acceptors (Lipinski definition) is 8. The van der Waals surface area contributed by atoms with E-state index in [-0.39, 0.29) is 29.4 Å². The lowest BCUT2D eigenvalue weighted by molar-refractivity contribution is 0.0624. The van der Waals surface area contributed by atoms with Crippen molar-refractivity contribution in [1.82, 2.24) is 23.9 Å². The number of amides is 2. The number of fused-ring (bicyclic) bond motifs is 1. The fraction of sp³-hybridized carbons (Fsp3) is 0.324. The van der Waals surface area contributed by atoms with E-state index >= 15 is 0 Å². The highest BCUT2D eigenvalue weighted by Crippen LogP contribution is 2.33. The first-order chi connectivity index (χ1) is 23.1. The number of aromatic nitrogens is 5. The second-order valence-corrected chi connectivity index (χ2v) is 12.0. The van der Waals surface area contributed by atoms with Crippen LogP contribution in [-0.2, 0) is 18.8 Å². The second kappa shape index (κ2) is 14.0. The number of benzene rings is 2. The molecule has 0 unspecified atom stereocenters. The van der Waals surface area contributed by atoms with Crippen molar-refractivity contribution in [2.45, 2.75) is 57.1 Å². The maximum atomic E-state index is 13.0. The van der Waals surface area contributed by atoms with Crippen LogP contribution in [0.2, 0.25) is 0 Å². The van der Waals surface area contributed by atoms with Crippen molar-refractivity contribution >= 4 is 40.4 Å². The normalized spacial score (nSPS) is 14.6. The Labute approximate surface area is 275 Å². The molecule has 0 bridgehead atoms. The highest BCUT2D eigenvalue weighted by molar-refractivity contribution is 5.88. The average Bonchev–Trinajstić information content (AvgIpc) is 3.77. The number of primary amides is 1. The molecule has 0 saturated heterocycles. The summed E-state index contributed by atoms with van der Waals surface area (Å²) in [5.41, 5.74) is 9.56. The number of aryl methyl sites for hydroxylation is 2. The van der Waals surface area contributed by atoms with E-state index < -0.39 is 12.2 Å². The molecule has 0 radical (unpaired) electrons. The van der Waals surface area contributed by atoms with Crippen molar-refractivity contribution in [3.8, 4) is 16.9 Å². The summed E-state index contributed by atoms with van der Waals surface area (Å²) < 4.78 is 27.5. The molecule has 4 N–H and O–H groups in total. The van der Waals surface area contributed by atoms with E-state index in [1.165, 1.54) is 24.3 Å². The van der Waals surface area contributed by atoms with Gasteiger partial charge in [-0.15, -0.1) is 0 Å². The van der Waals surface area contributed by atoms with E-state index in [9.17, 15) is 18.8 Å². The van der Waals surface area contributed by atoms with Gasteiger partial charge in [-0.1, -0.05) is 12.8 Å². The first-order valence-electron chi connectivity index (χ1n) is 15.8. The van der Waals surface area contributed by atoms with Crippen molar-refractivity contribution in [1.29, 1.82) is 0 Å². The number of hydrogen-bond donors (Lipinski definition) is 3. The number of ether oxygens (including phenoxy) is 2. The molecule has 0 spiro atoms. The van der Waals surface area contributed by atoms with Gasteiger partial charge in [0.25, 0.3) is 0 Å². The van der Waals surface area contributed by atoms with Crippen molar-refractivity contribution in [2.24, 2.45) is 19.8 Å². The number of pyridine rings is 1. The van der Waals surface area contributed by atoms with Crippen molar-refractivity contribution in [3.63, 3.8) is 0 Å². The van der Waals surface area contributed by atoms with E-state index in [0.29, 0.717) is 11.5 Å². The largest absolute Gasteiger partial charge is 0.446 e. The van der Waals surface area contributed by atoms with Gasteiger partial charge in [0.2, 0.25) is 0 Å². The molecule has 2 aliphatic carbocycles. The first kappa shape index (κ1) is 32.3. The van der Waals surface area contributed by atoms with E-state index in [1.54, 1.807) is 28.7 Å². The minimum absolute atomic E-state index is 0.00151. The van der Waals surface area contributed by atoms with Gasteiger partial charge in [-0.05, 0) is 80.1 Å². The predicted octanol–water partition coefficient (Wildman–Crippen LogP) is 6.38. The summed E-state index contributed by atoms with van der Waals surface area (Å²) in [5.74, 6) is 0.469. The Morgan fingerprint density at radius 2 is 1.65 bits per heavy atom. The SMILES string of the molecule is Cn1cc(-c2cc(NC(=O)OC3CCC3)cc(Nc3cc4c(cn3)n(C)c(=O)n4C3CCCC3)c2)cn1.NC(=O)Oc1ccc(F)cc1. The number of carbonyl (C=O) groups excluding carboxylic acids is 2. The molecule has 13 nitrogen and oxygen atoms in total. The van der Waals surface area contributed by atoms with E-state index in [0.717, 1.165) is 72.8 Å². The molecule has 2 saturated carbocycles. The average molecular weight is 657 g/mol. The first-order valence-corrected chi connectivity index (χ1v) is 15.8. The van der Waals surface area contributed by atoms with Crippen LogP contribution < -0.4 is 26.8 Å². The minimum Gasteiger partial charge on any atom is -0.446 e. The fourth-order valence-corrected chi connectivity index (χ4v) is 5.90. The molecule has 0 aliphatic heterocycles. The van der Waals surface area contributed by atoms with Gasteiger partial charge in [0, 0.05) is 49.3 Å². The lowest BCUT2D eigenvalue weighted by Crippen LogP contribution is -2.27. The maximum Gasteiger partial charge on any atom is 0.411 e. The Bertz CT molecular complexity index is 1990. The van der Waals surface area contributed by atoms with Crippen LogP contribution in [0, 0.1) is 5.82 Å². The highest BCUT2D eigenvalue weighted by atomic mass is 19.1. The van der Waals surface area contributed by atoms with E-state index in [4.69, 9.17) is 10.5 Å². The number of imidazole rings is 1. The lowest BCUT2D eigenvalue weighted by atomic mass is 9.96. The third-order valence-electron chi connectivity index (χ3n) is 8.51. The molecule has 250 valence electrons. The van der Waals surface area contributed by atoms with Gasteiger partial charge in [0.1, 0.15) is 23.5 Å². The standard InChI is InChI=1S/C27H31N7O3.C7H6FNO2/c1-32-16-18(14-29-32)17-10-19(12-20(11-17)31-26(35)37-22-8-5-9-22)30-25-13-23-24(15-28-25)33(2)27(36)34(23)21-6-3-4-7-21;8-5-1-3-6(4-2-5)11-7(9)10/h10-16,21-22H,3-9H2,1-2H3,(H,28,30)(H,31,35);1-4H,(H2,9,10). The smallest absolute Gasteiger partial charge is 0.411 e. The van der Waals surface area contributed by atoms with Gasteiger partial charge in [-0.3, -0.25) is 19.1 Å². The molecular formula is C34H37FN8O5. The van der Waals surface area contributed by atoms with Gasteiger partial charge in [-0.2, -0.15) is 5.10 Å². The van der Waals surface area contributed by atoms with Crippen LogP contribution in [0.3, 0.4) is 0 Å². The van der Waals surface area contributed by atoms with Gasteiger partial charge < -0.3 is 20.5 Å². The molecule has 2 aromatic carbocycles. The number of nitrogens with zero attached hydrogens (tertiary/aromatic N) is 5. The molecule has 2 fully saturated rings. The maximum absolute atomic E-state index is 13.0. The van der Waals surface area contributed by atoms with Crippen LogP contribution in [0.1, 0.15) is 51.0 Å². The number of nitrogens with one attached hydrogen (secondary N) is 2. The topological polar surface area (TPSA) is 160 Å². The summed E-state index contributed by atoms with van der Waals surface area (Å²) in [6.07, 6.45) is 11.3. The molecule has 0 atom stereocenters. The number of carbonyl (C=O) groups is 2. The van der Waals surface area contributed by atoms with Crippen LogP contribution in [-0.4, -0.2) is 42.2 Å². The van der Waals surface area contributed by atoms with E-state index in [2.05, 4.69) is 25.5 Å². The molecule has 3 heterocycles. The second-order valence-electron chi connectivity index (χ2n) is 12.0. The summed E-state index contributed by atoms with van der Waals surface area (Å²) in [4.78, 5) is 40.2. The zero-order valence-corrected chi connectivity index (χ0v) is 26.7. The van der Waals surface area contributed by atoms with E-state index in [1.807, 2.05) is 42.1 Å². The minimum atomic E-state index is -0.906. The lowest BCUT2D eigenvalue weighted by Gasteiger charge is -2.25. The quantitative estimate of drug-likeness (QED) is 0.182. The van der Waals surface area contributed by atoms with Gasteiger partial charge in [0.05, 0.1) is 23.4 Å². The molecule has 2 aliphatic rings. The summed E-state index contributed by atoms with van der Waals surface area (Å²) in [5, 5.41) is 10.5. The Morgan fingerprint density at radius 1 is 0.917 bits per heavy atom. The van der Waals surface area contributed by atoms with Crippen LogP contribution in [0.15, 0.2) is 71.9 Å². The summed E-state index contributed by atoms with van der Waals surface area (Å²) in [7, 11) is 3.66. The van der Waals surface area contributed by atoms with Gasteiger partial charge in [-0.25, -0.2) is 23.8 Å². The summed E-state index contributed by atoms with van der Waals surface area (Å²) in [6.45, 7) is 0. The molecule has 7 rings (SSSR count). The highest BCUT2D eigenvalue weighted by Gasteiger charge is 2.24. The summed E-state index contributed by atoms with van der Waals surface area (Å²) in [6, 6.07) is 12.9. The van der Waals surface area contributed by atoms with Crippen LogP contribution in [0.5, 0.6) is 5.75 Å². The zero-order valence-electron chi connectivity index (χ0n) is 26.7. The Balaban J connectivity index is 0.000000312. The monoisotopic (exact) mass is 656 g/mol. The number of nitrogens with two attached hydrogens (primary N) is 1. The molecule has 5 aromatic rings. The van der Waals surface area contributed by atoms with Crippen LogP contribution in [0.4, 0.5) is 31.2 Å². The van der Waals surface area contributed by atoms with Crippen molar-refractivity contribution in [3.05, 3.63) is 83.4 Å². The predicted molar refractivity (Wildman–Crippen MR) is 179 cm³/mol. The van der Waals surface area contributed by atoms with Gasteiger partial charge >= 0.3 is 17.9 Å². The van der Waals surface area contributed by atoms with Crippen molar-refractivity contribution in [2.75, 3.05) is 10.6 Å². The number of halogens is 1. The zero-order chi connectivity index (χ0) is 33.8. The molecular weight excluding hydrogens is 619 g/mol. The fourth-order valence-electron chi connectivity index (χ4n) is 5.90. The van der Waals surface area contributed by atoms with Crippen molar-refractivity contribution < 1.29 is 23.5 Å². The van der Waals surface area contributed by atoms with Gasteiger partial charge in [0.15, 0.2) is 0 Å². The molecule has 2 amide bonds. The number of rotatable bonds is 7. The third-order valence-corrected chi connectivity index (χ3v) is 8.51. The molecule has 3 aromatic heterocycles. The number of anilines is 3. The Hall–Kier alpha value is -5.66.